The molecule has 0 aliphatic heterocycles. The van der Waals surface area contributed by atoms with E-state index in [1.165, 1.54) is 12.8 Å². The maximum atomic E-state index is 9.96. The summed E-state index contributed by atoms with van der Waals surface area (Å²) in [6.45, 7) is 2.91. The minimum absolute atomic E-state index is 0.178. The number of rotatable bonds is 7. The molecule has 0 spiro atoms. The molecular formula is C26H25NO3. The summed E-state index contributed by atoms with van der Waals surface area (Å²) in [4.78, 5) is 4.82. The first-order valence-electron chi connectivity index (χ1n) is 10.3. The molecule has 4 nitrogen and oxygen atoms in total. The second-order valence-electron chi connectivity index (χ2n) is 7.20. The number of fused-ring (bicyclic) bond motifs is 1. The number of hydrogen-bond donors (Lipinski definition) is 1. The van der Waals surface area contributed by atoms with Crippen LogP contribution in [0.2, 0.25) is 0 Å². The van der Waals surface area contributed by atoms with E-state index < -0.39 is 0 Å². The Morgan fingerprint density at radius 2 is 1.70 bits per heavy atom. The fourth-order valence-corrected chi connectivity index (χ4v) is 3.29. The first-order valence-corrected chi connectivity index (χ1v) is 10.3. The molecule has 0 radical (unpaired) electrons. The van der Waals surface area contributed by atoms with Crippen molar-refractivity contribution in [3.05, 3.63) is 84.2 Å². The summed E-state index contributed by atoms with van der Waals surface area (Å²) in [7, 11) is 0. The standard InChI is InChI=1S/C26H25NO3/c1-2-3-7-16-29-22-13-10-20(11-14-22)27-24-18-26(19-8-5-4-6-9-19)30-25-15-12-21(28)17-23(24)25/h4-6,8-15,17-18,28H,2-3,7,16H2,1H3. The largest absolute Gasteiger partial charge is 0.508 e. The van der Waals surface area contributed by atoms with Gasteiger partial charge in [0.05, 0.1) is 17.7 Å². The Morgan fingerprint density at radius 3 is 2.47 bits per heavy atom. The van der Waals surface area contributed by atoms with E-state index in [9.17, 15) is 5.11 Å². The van der Waals surface area contributed by atoms with Crippen LogP contribution in [0.1, 0.15) is 26.2 Å². The van der Waals surface area contributed by atoms with Gasteiger partial charge in [-0.3, -0.25) is 0 Å². The highest BCUT2D eigenvalue weighted by molar-refractivity contribution is 5.80. The molecule has 3 aromatic carbocycles. The van der Waals surface area contributed by atoms with Crippen LogP contribution in [0.5, 0.6) is 11.5 Å². The summed E-state index contributed by atoms with van der Waals surface area (Å²) in [5, 5.41) is 11.5. The van der Waals surface area contributed by atoms with Crippen LogP contribution in [0.4, 0.5) is 5.69 Å². The Morgan fingerprint density at radius 1 is 0.900 bits per heavy atom. The number of ether oxygens (including phenoxy) is 1. The second-order valence-corrected chi connectivity index (χ2v) is 7.20. The van der Waals surface area contributed by atoms with Crippen molar-refractivity contribution in [3.8, 4) is 22.8 Å². The number of unbranched alkanes of at least 4 members (excludes halogenated alkanes) is 2. The minimum Gasteiger partial charge on any atom is -0.508 e. The molecule has 4 heteroatoms. The number of phenolic OH excluding ortho intramolecular Hbond substituents is 1. The van der Waals surface area contributed by atoms with Crippen molar-refractivity contribution in [2.75, 3.05) is 6.61 Å². The van der Waals surface area contributed by atoms with Gasteiger partial charge in [-0.15, -0.1) is 0 Å². The molecule has 4 aromatic rings. The maximum Gasteiger partial charge on any atom is 0.137 e. The van der Waals surface area contributed by atoms with Crippen LogP contribution >= 0.6 is 0 Å². The van der Waals surface area contributed by atoms with Crippen molar-refractivity contribution in [2.24, 2.45) is 4.99 Å². The molecule has 0 unspecified atom stereocenters. The Bertz CT molecular complexity index is 1180. The van der Waals surface area contributed by atoms with E-state index in [1.54, 1.807) is 18.2 Å². The van der Waals surface area contributed by atoms with E-state index in [4.69, 9.17) is 14.1 Å². The summed E-state index contributed by atoms with van der Waals surface area (Å²) in [6, 6.07) is 24.7. The first kappa shape index (κ1) is 19.8. The molecule has 0 aliphatic rings. The molecule has 0 saturated carbocycles. The van der Waals surface area contributed by atoms with Crippen molar-refractivity contribution in [2.45, 2.75) is 26.2 Å². The molecule has 1 aromatic heterocycles. The van der Waals surface area contributed by atoms with Gasteiger partial charge in [0.1, 0.15) is 22.8 Å². The third kappa shape index (κ3) is 4.71. The van der Waals surface area contributed by atoms with E-state index in [1.807, 2.05) is 60.7 Å². The Labute approximate surface area is 176 Å². The lowest BCUT2D eigenvalue weighted by atomic mass is 10.1. The van der Waals surface area contributed by atoms with Crippen molar-refractivity contribution < 1.29 is 14.3 Å². The zero-order valence-electron chi connectivity index (χ0n) is 17.0. The number of phenols is 1. The highest BCUT2D eigenvalue weighted by Crippen LogP contribution is 2.25. The molecule has 30 heavy (non-hydrogen) atoms. The Kier molecular flexibility index (Phi) is 6.14. The molecule has 0 bridgehead atoms. The molecular weight excluding hydrogens is 374 g/mol. The number of hydrogen-bond acceptors (Lipinski definition) is 4. The predicted molar refractivity (Wildman–Crippen MR) is 120 cm³/mol. The van der Waals surface area contributed by atoms with Gasteiger partial charge >= 0.3 is 0 Å². The molecule has 0 aliphatic carbocycles. The highest BCUT2D eigenvalue weighted by atomic mass is 16.5. The van der Waals surface area contributed by atoms with Gasteiger partial charge < -0.3 is 14.3 Å². The van der Waals surface area contributed by atoms with Gasteiger partial charge in [-0.05, 0) is 48.9 Å². The van der Waals surface area contributed by atoms with Gasteiger partial charge in [0.2, 0.25) is 0 Å². The third-order valence-corrected chi connectivity index (χ3v) is 4.89. The average molecular weight is 399 g/mol. The topological polar surface area (TPSA) is 55.0 Å². The molecule has 0 fully saturated rings. The quantitative estimate of drug-likeness (QED) is 0.356. The fourth-order valence-electron chi connectivity index (χ4n) is 3.29. The lowest BCUT2D eigenvalue weighted by molar-refractivity contribution is 0.306. The Hall–Kier alpha value is -3.53. The van der Waals surface area contributed by atoms with Gasteiger partial charge in [-0.1, -0.05) is 50.1 Å². The molecule has 1 heterocycles. The summed E-state index contributed by atoms with van der Waals surface area (Å²) < 4.78 is 11.9. The van der Waals surface area contributed by atoms with Crippen LogP contribution < -0.4 is 10.1 Å². The lowest BCUT2D eigenvalue weighted by Gasteiger charge is -2.07. The van der Waals surface area contributed by atoms with Gasteiger partial charge in [0.15, 0.2) is 0 Å². The number of aromatic hydroxyl groups is 1. The van der Waals surface area contributed by atoms with Gasteiger partial charge in [0, 0.05) is 17.0 Å². The summed E-state index contributed by atoms with van der Waals surface area (Å²) in [6.07, 6.45) is 3.42. The first-order chi connectivity index (χ1) is 14.7. The van der Waals surface area contributed by atoms with E-state index in [-0.39, 0.29) is 5.75 Å². The monoisotopic (exact) mass is 399 g/mol. The van der Waals surface area contributed by atoms with Crippen LogP contribution in [0.15, 0.2) is 88.3 Å². The summed E-state index contributed by atoms with van der Waals surface area (Å²) in [5.74, 6) is 1.75. The molecule has 1 N–H and O–H groups in total. The van der Waals surface area contributed by atoms with Crippen molar-refractivity contribution in [3.63, 3.8) is 0 Å². The van der Waals surface area contributed by atoms with E-state index in [2.05, 4.69) is 6.92 Å². The zero-order valence-corrected chi connectivity index (χ0v) is 17.0. The normalized spacial score (nSPS) is 11.7. The molecule has 0 atom stereocenters. The van der Waals surface area contributed by atoms with Crippen LogP contribution in [-0.2, 0) is 0 Å². The predicted octanol–water partition coefficient (Wildman–Crippen LogP) is 6.61. The zero-order chi connectivity index (χ0) is 20.8. The third-order valence-electron chi connectivity index (χ3n) is 4.89. The van der Waals surface area contributed by atoms with Crippen LogP contribution in [0.25, 0.3) is 22.3 Å². The van der Waals surface area contributed by atoms with Crippen LogP contribution in [0, 0.1) is 0 Å². The Balaban J connectivity index is 1.71. The molecule has 4 rings (SSSR count). The molecule has 152 valence electrons. The number of nitrogens with zero attached hydrogens (tertiary/aromatic N) is 1. The van der Waals surface area contributed by atoms with E-state index in [0.29, 0.717) is 5.58 Å². The summed E-state index contributed by atoms with van der Waals surface area (Å²) >= 11 is 0. The van der Waals surface area contributed by atoms with Crippen LogP contribution in [-0.4, -0.2) is 11.7 Å². The maximum absolute atomic E-state index is 9.96. The van der Waals surface area contributed by atoms with Crippen molar-refractivity contribution in [1.82, 2.24) is 0 Å². The van der Waals surface area contributed by atoms with E-state index >= 15 is 0 Å². The van der Waals surface area contributed by atoms with E-state index in [0.717, 1.165) is 46.5 Å². The molecule has 0 saturated heterocycles. The smallest absolute Gasteiger partial charge is 0.137 e. The lowest BCUT2D eigenvalue weighted by Crippen LogP contribution is -2.03. The second kappa shape index (κ2) is 9.31. The molecule has 0 amide bonds. The van der Waals surface area contributed by atoms with Crippen molar-refractivity contribution >= 4 is 16.7 Å². The minimum atomic E-state index is 0.178. The SMILES string of the molecule is CCCCCOc1ccc(N=c2cc(-c3ccccc3)oc3ccc(O)cc23)cc1. The van der Waals surface area contributed by atoms with Crippen molar-refractivity contribution in [1.29, 1.82) is 0 Å². The van der Waals surface area contributed by atoms with Gasteiger partial charge in [-0.25, -0.2) is 4.99 Å². The fraction of sp³-hybridized carbons (Fsp3) is 0.192. The van der Waals surface area contributed by atoms with Crippen LogP contribution in [0.3, 0.4) is 0 Å². The van der Waals surface area contributed by atoms with Gasteiger partial charge in [0.25, 0.3) is 0 Å². The highest BCUT2D eigenvalue weighted by Gasteiger charge is 2.07. The average Bonchev–Trinajstić information content (AvgIpc) is 2.78. The van der Waals surface area contributed by atoms with Gasteiger partial charge in [-0.2, -0.15) is 0 Å². The number of benzene rings is 3. The summed E-state index contributed by atoms with van der Waals surface area (Å²) in [5.41, 5.74) is 2.45.